The molecule has 6 aliphatic rings. The number of hydrogen-bond acceptors (Lipinski definition) is 14. The van der Waals surface area contributed by atoms with Crippen molar-refractivity contribution in [2.45, 2.75) is 286 Å². The number of unbranched alkanes of at least 4 members (excludes halogenated alkanes) is 3. The maximum absolute atomic E-state index is 9.98. The molecule has 14 heteroatoms. The second-order valence-corrected chi connectivity index (χ2v) is 38.4. The van der Waals surface area contributed by atoms with Crippen LogP contribution in [-0.2, 0) is 61.0 Å². The first-order valence-corrected chi connectivity index (χ1v) is 37.5. The van der Waals surface area contributed by atoms with E-state index in [0.29, 0.717) is 26.4 Å². The predicted octanol–water partition coefficient (Wildman–Crippen LogP) is 21.0. The average molecular weight is 1370 g/mol. The number of aliphatic hydroxyl groups excluding tert-OH is 2. The summed E-state index contributed by atoms with van der Waals surface area (Å²) >= 11 is 0. The third-order valence-corrected chi connectivity index (χ3v) is 20.2. The number of rotatable bonds is 18. The van der Waals surface area contributed by atoms with Gasteiger partial charge < -0.3 is 67.7 Å². The van der Waals surface area contributed by atoms with Gasteiger partial charge in [-0.25, -0.2) is 0 Å². The Labute approximate surface area is 600 Å². The van der Waals surface area contributed by atoms with Gasteiger partial charge in [-0.05, 0) is 102 Å². The molecule has 0 spiro atoms. The van der Waals surface area contributed by atoms with Gasteiger partial charge in [0.05, 0.1) is 96.8 Å². The summed E-state index contributed by atoms with van der Waals surface area (Å²) in [5.41, 5.74) is 12.3. The molecule has 0 bridgehead atoms. The molecule has 6 heterocycles. The van der Waals surface area contributed by atoms with Gasteiger partial charge in [0.2, 0.25) is 0 Å². The number of ether oxygens (including phenoxy) is 8. The number of hydrogen-bond donors (Lipinski definition) is 2. The zero-order valence-corrected chi connectivity index (χ0v) is 65.9. The van der Waals surface area contributed by atoms with Gasteiger partial charge in [0.25, 0.3) is 0 Å². The molecule has 0 aromatic heterocycles. The van der Waals surface area contributed by atoms with Crippen molar-refractivity contribution in [1.82, 2.24) is 0 Å². The monoisotopic (exact) mass is 1370 g/mol. The first-order chi connectivity index (χ1) is 45.3. The van der Waals surface area contributed by atoms with Gasteiger partial charge in [0.15, 0.2) is 23.1 Å². The first-order valence-electron chi connectivity index (χ1n) is 37.5. The minimum Gasteiger partial charge on any atom is -0.396 e. The fourth-order valence-corrected chi connectivity index (χ4v) is 15.4. The Morgan fingerprint density at radius 1 is 0.343 bits per heavy atom. The molecule has 8 unspecified atom stereocenters. The first kappa shape index (κ1) is 80.4. The Bertz CT molecular complexity index is 3140. The van der Waals surface area contributed by atoms with Gasteiger partial charge in [-0.2, -0.15) is 0 Å². The van der Waals surface area contributed by atoms with Crippen molar-refractivity contribution in [2.75, 3.05) is 85.4 Å². The van der Waals surface area contributed by atoms with Crippen molar-refractivity contribution in [1.29, 1.82) is 0 Å². The van der Waals surface area contributed by atoms with E-state index in [1.165, 1.54) is 35.6 Å². The maximum Gasteiger partial charge on any atom is 0.200 e. The van der Waals surface area contributed by atoms with E-state index < -0.39 is 23.1 Å². The lowest BCUT2D eigenvalue weighted by molar-refractivity contribution is -0.243. The van der Waals surface area contributed by atoms with Gasteiger partial charge in [0, 0.05) is 76.7 Å². The zero-order valence-electron chi connectivity index (χ0n) is 65.9. The summed E-state index contributed by atoms with van der Waals surface area (Å²) in [4.78, 5) is 10.0. The van der Waals surface area contributed by atoms with Crippen LogP contribution in [0.1, 0.15) is 261 Å². The fourth-order valence-electron chi connectivity index (χ4n) is 15.4. The molecule has 0 aliphatic carbocycles. The van der Waals surface area contributed by atoms with Crippen LogP contribution < -0.4 is 19.6 Å². The van der Waals surface area contributed by atoms with Crippen molar-refractivity contribution < 1.29 is 48.1 Å². The smallest absolute Gasteiger partial charge is 0.200 e. The average Bonchev–Trinajstić information content (AvgIpc) is 1.64. The highest BCUT2D eigenvalue weighted by Gasteiger charge is 2.57. The minimum absolute atomic E-state index is 0. The zero-order chi connectivity index (χ0) is 72.4. The van der Waals surface area contributed by atoms with Gasteiger partial charge in [-0.3, -0.25) is 0 Å². The van der Waals surface area contributed by atoms with Crippen LogP contribution in [0.25, 0.3) is 0 Å². The number of fused-ring (bicyclic) bond motifs is 4. The Kier molecular flexibility index (Phi) is 23.8. The van der Waals surface area contributed by atoms with Crippen molar-refractivity contribution >= 4 is 45.5 Å². The molecule has 6 aliphatic heterocycles. The summed E-state index contributed by atoms with van der Waals surface area (Å²) in [5, 5.41) is 19.4. The lowest BCUT2D eigenvalue weighted by Gasteiger charge is -2.47. The van der Waals surface area contributed by atoms with Crippen LogP contribution in [-0.4, -0.2) is 100 Å². The molecule has 0 amide bonds. The van der Waals surface area contributed by atoms with E-state index in [0.717, 1.165) is 110 Å². The van der Waals surface area contributed by atoms with Gasteiger partial charge in [0.1, 0.15) is 6.10 Å². The highest BCUT2D eigenvalue weighted by Crippen LogP contribution is 2.60. The molecule has 556 valence electrons. The molecule has 8 atom stereocenters. The van der Waals surface area contributed by atoms with Gasteiger partial charge >= 0.3 is 0 Å². The third kappa shape index (κ3) is 16.6. The lowest BCUT2D eigenvalue weighted by Crippen LogP contribution is -2.43. The summed E-state index contributed by atoms with van der Waals surface area (Å²) in [6.45, 7) is 64.0. The Morgan fingerprint density at radius 3 is 0.818 bits per heavy atom. The third-order valence-electron chi connectivity index (χ3n) is 20.2. The van der Waals surface area contributed by atoms with E-state index in [1.807, 2.05) is 0 Å². The summed E-state index contributed by atoms with van der Waals surface area (Å²) in [6.07, 6.45) is 7.87. The van der Waals surface area contributed by atoms with Crippen molar-refractivity contribution in [3.8, 4) is 0 Å². The Balaban J connectivity index is 0.000000251. The minimum atomic E-state index is -0.978. The highest BCUT2D eigenvalue weighted by atomic mass is 16.8. The molecule has 99 heavy (non-hydrogen) atoms. The molecule has 4 saturated heterocycles. The van der Waals surface area contributed by atoms with Crippen LogP contribution in [0.5, 0.6) is 0 Å². The molecule has 2 N–H and O–H groups in total. The van der Waals surface area contributed by atoms with Crippen LogP contribution in [0.4, 0.5) is 45.5 Å². The van der Waals surface area contributed by atoms with Crippen LogP contribution in [0.2, 0.25) is 0 Å². The topological polar surface area (TPSA) is 127 Å². The van der Waals surface area contributed by atoms with Gasteiger partial charge in [-0.1, -0.05) is 231 Å². The standard InChI is InChI=1S/C45H72N2O5.C39H60N2O5.CH4/c1-14-15-16-19-34-28-49-44(51-34,42(8,9)10)32-21-23-36-38(26-32)46(30-40(2,3)4)37-24-22-33(27-39(37)47(36)31-41(5,6)7)45(43(11,12)13)50-29-35(52-45)20-17-18-25-48;1-14-28-22-43-38(45-28,36(8,9)10)26-15-17-30-32(19-26)40(24-34(2,3)4)31-18-16-27(20-33(31)41(30)25-35(5,6)7)39(37(11,12)13)44-23-29(21-42)46-39;/h21-24,26-27,34-35,48H,14-20,25,28-31H2,1-13H3;15-20,28-29,42H,14,21-25H2,1-13H3;1H4. The summed E-state index contributed by atoms with van der Waals surface area (Å²) in [6, 6.07) is 27.3. The molecular weight excluding hydrogens is 1240 g/mol. The number of benzene rings is 4. The quantitative estimate of drug-likeness (QED) is 0.0918. The van der Waals surface area contributed by atoms with Crippen LogP contribution in [0.15, 0.2) is 72.8 Å². The second kappa shape index (κ2) is 29.3. The molecule has 10 rings (SSSR count). The van der Waals surface area contributed by atoms with E-state index in [9.17, 15) is 10.2 Å². The van der Waals surface area contributed by atoms with Crippen LogP contribution >= 0.6 is 0 Å². The molecule has 4 aromatic rings. The van der Waals surface area contributed by atoms with Gasteiger partial charge in [-0.15, -0.1) is 0 Å². The Hall–Kier alpha value is -4.32. The normalized spacial score (nSPS) is 26.1. The molecule has 0 saturated carbocycles. The fraction of sp³-hybridized carbons (Fsp3) is 0.718. The van der Waals surface area contributed by atoms with E-state index in [2.05, 4.69) is 272 Å². The van der Waals surface area contributed by atoms with E-state index in [1.54, 1.807) is 0 Å². The maximum atomic E-state index is 9.98. The highest BCUT2D eigenvalue weighted by molar-refractivity contribution is 5.95. The number of anilines is 8. The van der Waals surface area contributed by atoms with E-state index in [-0.39, 0.29) is 88.4 Å². The molecular formula is C85H136N4O10. The van der Waals surface area contributed by atoms with Crippen LogP contribution in [0.3, 0.4) is 0 Å². The van der Waals surface area contributed by atoms with E-state index >= 15 is 0 Å². The largest absolute Gasteiger partial charge is 0.396 e. The molecule has 4 aromatic carbocycles. The summed E-state index contributed by atoms with van der Waals surface area (Å²) in [7, 11) is 0. The molecule has 0 radical (unpaired) electrons. The van der Waals surface area contributed by atoms with Crippen molar-refractivity contribution in [2.24, 2.45) is 43.3 Å². The second-order valence-electron chi connectivity index (χ2n) is 38.4. The van der Waals surface area contributed by atoms with E-state index in [4.69, 9.17) is 37.9 Å². The number of nitrogens with zero attached hydrogens (tertiary/aromatic N) is 4. The number of aliphatic hydroxyl groups is 2. The SMILES string of the molecule is C.CCC1COC(c2ccc3c(c2)N(CC(C)(C)C)c2ccc(C4(C(C)(C)C)OCC(CO)O4)cc2N3CC(C)(C)C)(C(C)(C)C)O1.CCCCCC1COC(c2ccc3c(c2)N(CC(C)(C)C)c2ccc(C4(C(C)(C)C)OCC(CCCCO)O4)cc2N3CC(C)(C)C)(C(C)(C)C)O1. The molecule has 14 nitrogen and oxygen atoms in total. The van der Waals surface area contributed by atoms with Crippen LogP contribution in [0, 0.1) is 43.3 Å². The summed E-state index contributed by atoms with van der Waals surface area (Å²) in [5.74, 6) is -3.54. The molecule has 4 fully saturated rings. The summed E-state index contributed by atoms with van der Waals surface area (Å²) < 4.78 is 54.0. The Morgan fingerprint density at radius 2 is 0.596 bits per heavy atom. The van der Waals surface area contributed by atoms with Crippen molar-refractivity contribution in [3.05, 3.63) is 95.1 Å². The predicted molar refractivity (Wildman–Crippen MR) is 409 cm³/mol. The lowest BCUT2D eigenvalue weighted by atomic mass is 9.79. The van der Waals surface area contributed by atoms with Crippen molar-refractivity contribution in [3.63, 3.8) is 0 Å².